The summed E-state index contributed by atoms with van der Waals surface area (Å²) in [6.45, 7) is 0. The predicted molar refractivity (Wildman–Crippen MR) is 70.3 cm³/mol. The van der Waals surface area contributed by atoms with E-state index in [4.69, 9.17) is 4.74 Å². The van der Waals surface area contributed by atoms with Gasteiger partial charge in [0.1, 0.15) is 5.56 Å². The number of ether oxygens (including phenoxy) is 2. The minimum Gasteiger partial charge on any atom is -0.465 e. The maximum Gasteiger partial charge on any atom is 0.343 e. The third-order valence-electron chi connectivity index (χ3n) is 3.75. The second-order valence-corrected chi connectivity index (χ2v) is 4.79. The van der Waals surface area contributed by atoms with Gasteiger partial charge in [-0.3, -0.25) is 4.79 Å². The summed E-state index contributed by atoms with van der Waals surface area (Å²) in [5, 5.41) is 0. The summed E-state index contributed by atoms with van der Waals surface area (Å²) >= 11 is 0. The molecule has 0 unspecified atom stereocenters. The van der Waals surface area contributed by atoms with Crippen molar-refractivity contribution in [3.63, 3.8) is 0 Å². The number of aromatic nitrogens is 1. The number of esters is 1. The average molecular weight is 265 g/mol. The number of carbonyl (C=O) groups is 1. The Morgan fingerprint density at radius 3 is 2.53 bits per heavy atom. The van der Waals surface area contributed by atoms with Crippen LogP contribution in [0.15, 0.2) is 23.1 Å². The van der Waals surface area contributed by atoms with Gasteiger partial charge in [0.05, 0.1) is 13.2 Å². The number of carbonyl (C=O) groups excluding carboxylic acids is 1. The fraction of sp³-hybridized carbons (Fsp3) is 0.571. The van der Waals surface area contributed by atoms with Crippen molar-refractivity contribution in [3.05, 3.63) is 34.2 Å². The van der Waals surface area contributed by atoms with E-state index in [1.807, 2.05) is 0 Å². The molecule has 19 heavy (non-hydrogen) atoms. The van der Waals surface area contributed by atoms with Crippen LogP contribution in [0.4, 0.5) is 0 Å². The lowest BCUT2D eigenvalue weighted by molar-refractivity contribution is 0.0565. The molecule has 104 valence electrons. The highest BCUT2D eigenvalue weighted by Gasteiger charge is 2.24. The molecule has 1 aliphatic carbocycles. The van der Waals surface area contributed by atoms with Crippen LogP contribution in [0.25, 0.3) is 0 Å². The van der Waals surface area contributed by atoms with E-state index in [9.17, 15) is 9.59 Å². The summed E-state index contributed by atoms with van der Waals surface area (Å²) in [5.41, 5.74) is -0.172. The first kappa shape index (κ1) is 13.8. The minimum absolute atomic E-state index is 0.0962. The normalized spacial score (nSPS) is 23.1. The lowest BCUT2D eigenvalue weighted by Gasteiger charge is -2.29. The Kier molecular flexibility index (Phi) is 4.37. The number of pyridine rings is 1. The van der Waals surface area contributed by atoms with Gasteiger partial charge in [0.2, 0.25) is 0 Å². The molecular weight excluding hydrogens is 246 g/mol. The van der Waals surface area contributed by atoms with Crippen LogP contribution in [0.3, 0.4) is 0 Å². The Balaban J connectivity index is 2.22. The second kappa shape index (κ2) is 6.02. The number of hydrogen-bond donors (Lipinski definition) is 0. The highest BCUT2D eigenvalue weighted by Crippen LogP contribution is 2.28. The van der Waals surface area contributed by atoms with Gasteiger partial charge in [-0.1, -0.05) is 0 Å². The number of nitrogens with zero attached hydrogens (tertiary/aromatic N) is 1. The van der Waals surface area contributed by atoms with Crippen LogP contribution in [0.1, 0.15) is 42.1 Å². The van der Waals surface area contributed by atoms with Crippen LogP contribution < -0.4 is 5.56 Å². The van der Waals surface area contributed by atoms with Gasteiger partial charge in [-0.25, -0.2) is 4.79 Å². The number of hydrogen-bond acceptors (Lipinski definition) is 4. The lowest BCUT2D eigenvalue weighted by atomic mass is 9.92. The predicted octanol–water partition coefficient (Wildman–Crippen LogP) is 1.76. The van der Waals surface area contributed by atoms with Gasteiger partial charge in [-0.2, -0.15) is 0 Å². The fourth-order valence-corrected chi connectivity index (χ4v) is 2.62. The molecule has 1 aromatic rings. The topological polar surface area (TPSA) is 57.5 Å². The first-order chi connectivity index (χ1) is 9.17. The molecular formula is C14H19NO4. The Labute approximate surface area is 112 Å². The van der Waals surface area contributed by atoms with Crippen molar-refractivity contribution in [1.29, 1.82) is 0 Å². The molecule has 1 aromatic heterocycles. The second-order valence-electron chi connectivity index (χ2n) is 4.79. The number of rotatable bonds is 3. The molecule has 0 spiro atoms. The molecule has 1 aliphatic rings. The SMILES string of the molecule is COC(=O)c1cccn([C@H]2CC[C@H](OC)CC2)c1=O. The van der Waals surface area contributed by atoms with Crippen LogP contribution in [0.2, 0.25) is 0 Å². The summed E-state index contributed by atoms with van der Waals surface area (Å²) in [4.78, 5) is 23.8. The average Bonchev–Trinajstić information content (AvgIpc) is 2.47. The molecule has 0 radical (unpaired) electrons. The highest BCUT2D eigenvalue weighted by molar-refractivity contribution is 5.88. The molecule has 0 amide bonds. The summed E-state index contributed by atoms with van der Waals surface area (Å²) < 4.78 is 11.6. The monoisotopic (exact) mass is 265 g/mol. The van der Waals surface area contributed by atoms with E-state index in [1.165, 1.54) is 13.2 Å². The van der Waals surface area contributed by atoms with Crippen LogP contribution in [-0.2, 0) is 9.47 Å². The molecule has 0 aliphatic heterocycles. The highest BCUT2D eigenvalue weighted by atomic mass is 16.5. The van der Waals surface area contributed by atoms with Crippen molar-refractivity contribution in [3.8, 4) is 0 Å². The van der Waals surface area contributed by atoms with Gasteiger partial charge in [-0.05, 0) is 37.8 Å². The van der Waals surface area contributed by atoms with Gasteiger partial charge in [0.15, 0.2) is 0 Å². The fourth-order valence-electron chi connectivity index (χ4n) is 2.62. The third kappa shape index (κ3) is 2.87. The maximum atomic E-state index is 12.3. The Bertz CT molecular complexity index is 500. The zero-order valence-corrected chi connectivity index (χ0v) is 11.3. The van der Waals surface area contributed by atoms with Gasteiger partial charge < -0.3 is 14.0 Å². The molecule has 0 saturated heterocycles. The molecule has 0 aromatic carbocycles. The largest absolute Gasteiger partial charge is 0.465 e. The zero-order chi connectivity index (χ0) is 13.8. The molecule has 0 atom stereocenters. The molecule has 1 saturated carbocycles. The molecule has 1 heterocycles. The summed E-state index contributed by atoms with van der Waals surface area (Å²) in [6, 6.07) is 3.37. The van der Waals surface area contributed by atoms with E-state index < -0.39 is 5.97 Å². The van der Waals surface area contributed by atoms with E-state index in [-0.39, 0.29) is 23.3 Å². The summed E-state index contributed by atoms with van der Waals surface area (Å²) in [7, 11) is 3.00. The quantitative estimate of drug-likeness (QED) is 0.781. The van der Waals surface area contributed by atoms with Gasteiger partial charge in [0.25, 0.3) is 5.56 Å². The van der Waals surface area contributed by atoms with Crippen molar-refractivity contribution in [2.45, 2.75) is 37.8 Å². The van der Waals surface area contributed by atoms with Gasteiger partial charge in [0, 0.05) is 19.3 Å². The van der Waals surface area contributed by atoms with Crippen molar-refractivity contribution < 1.29 is 14.3 Å². The Morgan fingerprint density at radius 1 is 1.26 bits per heavy atom. The number of methoxy groups -OCH3 is 2. The first-order valence-electron chi connectivity index (χ1n) is 6.49. The molecule has 5 heteroatoms. The molecule has 2 rings (SSSR count). The third-order valence-corrected chi connectivity index (χ3v) is 3.75. The summed E-state index contributed by atoms with van der Waals surface area (Å²) in [5.74, 6) is -0.579. The van der Waals surface area contributed by atoms with Crippen LogP contribution in [0.5, 0.6) is 0 Å². The lowest BCUT2D eigenvalue weighted by Crippen LogP contribution is -2.32. The molecule has 0 bridgehead atoms. The Morgan fingerprint density at radius 2 is 1.95 bits per heavy atom. The standard InChI is InChI=1S/C14H19NO4/c1-18-11-7-5-10(6-8-11)15-9-3-4-12(13(15)16)14(17)19-2/h3-4,9-11H,5-8H2,1-2H3/t10-,11-. The Hall–Kier alpha value is -1.62. The van der Waals surface area contributed by atoms with Crippen LogP contribution in [0, 0.1) is 0 Å². The van der Waals surface area contributed by atoms with E-state index in [0.29, 0.717) is 0 Å². The van der Waals surface area contributed by atoms with Crippen molar-refractivity contribution in [1.82, 2.24) is 4.57 Å². The van der Waals surface area contributed by atoms with Crippen molar-refractivity contribution in [2.24, 2.45) is 0 Å². The van der Waals surface area contributed by atoms with Crippen molar-refractivity contribution in [2.75, 3.05) is 14.2 Å². The van der Waals surface area contributed by atoms with Crippen molar-refractivity contribution >= 4 is 5.97 Å². The maximum absolute atomic E-state index is 12.3. The summed E-state index contributed by atoms with van der Waals surface area (Å²) in [6.07, 6.45) is 5.70. The van der Waals surface area contributed by atoms with E-state index >= 15 is 0 Å². The molecule has 1 fully saturated rings. The van der Waals surface area contributed by atoms with E-state index in [2.05, 4.69) is 4.74 Å². The minimum atomic E-state index is -0.579. The first-order valence-corrected chi connectivity index (χ1v) is 6.49. The smallest absolute Gasteiger partial charge is 0.343 e. The molecule has 5 nitrogen and oxygen atoms in total. The van der Waals surface area contributed by atoms with Gasteiger partial charge >= 0.3 is 5.97 Å². The van der Waals surface area contributed by atoms with Crippen LogP contribution in [-0.4, -0.2) is 30.9 Å². The van der Waals surface area contributed by atoms with Crippen LogP contribution >= 0.6 is 0 Å². The molecule has 0 N–H and O–H groups in total. The van der Waals surface area contributed by atoms with E-state index in [0.717, 1.165) is 25.7 Å². The zero-order valence-electron chi connectivity index (χ0n) is 11.3. The van der Waals surface area contributed by atoms with E-state index in [1.54, 1.807) is 23.9 Å². The van der Waals surface area contributed by atoms with Gasteiger partial charge in [-0.15, -0.1) is 0 Å².